The van der Waals surface area contributed by atoms with Crippen molar-refractivity contribution >= 4 is 11.8 Å². The smallest absolute Gasteiger partial charge is 0.242 e. The maximum absolute atomic E-state index is 11.4. The summed E-state index contributed by atoms with van der Waals surface area (Å²) in [4.78, 5) is 23.9. The van der Waals surface area contributed by atoms with Crippen LogP contribution in [0.5, 0.6) is 0 Å². The normalized spacial score (nSPS) is 16.5. The Balaban J connectivity index is 2.23. The van der Waals surface area contributed by atoms with Gasteiger partial charge in [0.25, 0.3) is 0 Å². The predicted molar refractivity (Wildman–Crippen MR) is 49.5 cm³/mol. The summed E-state index contributed by atoms with van der Waals surface area (Å²) in [6, 6.07) is 0. The fourth-order valence-electron chi connectivity index (χ4n) is 1.17. The van der Waals surface area contributed by atoms with Crippen molar-refractivity contribution < 1.29 is 14.3 Å². The number of hydrogen-bond donors (Lipinski definition) is 2. The molecular weight excluding hydrogens is 186 g/mol. The Morgan fingerprint density at radius 3 is 2.57 bits per heavy atom. The molecule has 1 aliphatic heterocycles. The van der Waals surface area contributed by atoms with Crippen LogP contribution in [0.4, 0.5) is 0 Å². The number of hydrogen-bond acceptors (Lipinski definition) is 4. The van der Waals surface area contributed by atoms with E-state index in [1.165, 1.54) is 0 Å². The van der Waals surface area contributed by atoms with Crippen LogP contribution >= 0.6 is 0 Å². The Kier molecular flexibility index (Phi) is 4.34. The van der Waals surface area contributed by atoms with Crippen molar-refractivity contribution in [2.24, 2.45) is 5.73 Å². The maximum Gasteiger partial charge on any atom is 0.242 e. The predicted octanol–water partition coefficient (Wildman–Crippen LogP) is -2.08. The highest BCUT2D eigenvalue weighted by Gasteiger charge is 2.16. The minimum absolute atomic E-state index is 0.0238. The van der Waals surface area contributed by atoms with E-state index in [-0.39, 0.29) is 24.9 Å². The summed E-state index contributed by atoms with van der Waals surface area (Å²) in [6.45, 7) is 2.26. The third-order valence-corrected chi connectivity index (χ3v) is 1.99. The second-order valence-corrected chi connectivity index (χ2v) is 2.97. The first kappa shape index (κ1) is 10.9. The van der Waals surface area contributed by atoms with Crippen molar-refractivity contribution in [2.75, 3.05) is 39.4 Å². The average Bonchev–Trinajstić information content (AvgIpc) is 2.26. The second-order valence-electron chi connectivity index (χ2n) is 2.97. The van der Waals surface area contributed by atoms with Crippen LogP contribution in [0.15, 0.2) is 0 Å². The van der Waals surface area contributed by atoms with Gasteiger partial charge in [-0.25, -0.2) is 0 Å². The molecule has 1 saturated heterocycles. The summed E-state index contributed by atoms with van der Waals surface area (Å²) in [6.07, 6.45) is 0. The molecule has 6 heteroatoms. The molecule has 1 fully saturated rings. The lowest BCUT2D eigenvalue weighted by molar-refractivity contribution is -0.136. The number of rotatable bonds is 3. The van der Waals surface area contributed by atoms with Gasteiger partial charge in [-0.05, 0) is 0 Å². The van der Waals surface area contributed by atoms with Gasteiger partial charge in [0.2, 0.25) is 11.8 Å². The van der Waals surface area contributed by atoms with E-state index in [1.807, 2.05) is 0 Å². The van der Waals surface area contributed by atoms with Crippen molar-refractivity contribution in [3.63, 3.8) is 0 Å². The third kappa shape index (κ3) is 3.31. The standard InChI is InChI=1S/C8H15N3O3/c9-5-7(12)10-6-8(13)11-1-3-14-4-2-11/h1-6,9H2,(H,10,12). The first-order valence-electron chi connectivity index (χ1n) is 4.56. The van der Waals surface area contributed by atoms with E-state index in [0.717, 1.165) is 0 Å². The SMILES string of the molecule is NCC(=O)NCC(=O)N1CCOCC1. The van der Waals surface area contributed by atoms with E-state index in [1.54, 1.807) is 4.90 Å². The molecule has 0 radical (unpaired) electrons. The Bertz CT molecular complexity index is 214. The van der Waals surface area contributed by atoms with Gasteiger partial charge in [0.15, 0.2) is 0 Å². The molecule has 1 aliphatic rings. The highest BCUT2D eigenvalue weighted by Crippen LogP contribution is 1.96. The topological polar surface area (TPSA) is 84.7 Å². The summed E-state index contributed by atoms with van der Waals surface area (Å²) in [5.74, 6) is -0.401. The van der Waals surface area contributed by atoms with Crippen molar-refractivity contribution in [1.29, 1.82) is 0 Å². The monoisotopic (exact) mass is 201 g/mol. The van der Waals surface area contributed by atoms with Gasteiger partial charge in [-0.3, -0.25) is 9.59 Å². The molecule has 0 bridgehead atoms. The third-order valence-electron chi connectivity index (χ3n) is 1.99. The van der Waals surface area contributed by atoms with Gasteiger partial charge in [-0.1, -0.05) is 0 Å². The van der Waals surface area contributed by atoms with Crippen molar-refractivity contribution in [3.05, 3.63) is 0 Å². The van der Waals surface area contributed by atoms with Crippen molar-refractivity contribution in [1.82, 2.24) is 10.2 Å². The highest BCUT2D eigenvalue weighted by molar-refractivity contribution is 5.85. The van der Waals surface area contributed by atoms with Gasteiger partial charge in [0, 0.05) is 13.1 Å². The molecule has 14 heavy (non-hydrogen) atoms. The number of morpholine rings is 1. The first-order chi connectivity index (χ1) is 6.74. The molecule has 0 aromatic heterocycles. The summed E-state index contributed by atoms with van der Waals surface area (Å²) in [5, 5.41) is 2.43. The number of nitrogens with two attached hydrogens (primary N) is 1. The molecule has 1 heterocycles. The van der Waals surface area contributed by atoms with E-state index in [9.17, 15) is 9.59 Å². The molecule has 0 aromatic rings. The molecule has 0 saturated carbocycles. The van der Waals surface area contributed by atoms with Crippen molar-refractivity contribution in [2.45, 2.75) is 0 Å². The molecule has 6 nitrogen and oxygen atoms in total. The molecule has 0 aromatic carbocycles. The lowest BCUT2D eigenvalue weighted by atomic mass is 10.4. The molecule has 0 atom stereocenters. The number of amides is 2. The Hall–Kier alpha value is -1.14. The lowest BCUT2D eigenvalue weighted by Gasteiger charge is -2.26. The average molecular weight is 201 g/mol. The zero-order chi connectivity index (χ0) is 10.4. The zero-order valence-electron chi connectivity index (χ0n) is 7.99. The highest BCUT2D eigenvalue weighted by atomic mass is 16.5. The fraction of sp³-hybridized carbons (Fsp3) is 0.750. The summed E-state index contributed by atoms with van der Waals surface area (Å²) >= 11 is 0. The van der Waals surface area contributed by atoms with Gasteiger partial charge < -0.3 is 20.7 Å². The van der Waals surface area contributed by atoms with Gasteiger partial charge in [0.05, 0.1) is 26.3 Å². The maximum atomic E-state index is 11.4. The quantitative estimate of drug-likeness (QED) is 0.549. The number of ether oxygens (including phenoxy) is 1. The van der Waals surface area contributed by atoms with Crippen LogP contribution in [0.3, 0.4) is 0 Å². The molecule has 2 amide bonds. The Morgan fingerprint density at radius 1 is 1.36 bits per heavy atom. The van der Waals surface area contributed by atoms with Crippen LogP contribution in [0.2, 0.25) is 0 Å². The minimum atomic E-state index is -0.313. The van der Waals surface area contributed by atoms with Gasteiger partial charge >= 0.3 is 0 Å². The van der Waals surface area contributed by atoms with E-state index in [4.69, 9.17) is 10.5 Å². The van der Waals surface area contributed by atoms with Crippen LogP contribution in [0, 0.1) is 0 Å². The Labute approximate surface area is 82.4 Å². The largest absolute Gasteiger partial charge is 0.378 e. The zero-order valence-corrected chi connectivity index (χ0v) is 7.99. The van der Waals surface area contributed by atoms with Crippen LogP contribution in [-0.4, -0.2) is 56.1 Å². The Morgan fingerprint density at radius 2 is 2.00 bits per heavy atom. The first-order valence-corrected chi connectivity index (χ1v) is 4.56. The van der Waals surface area contributed by atoms with E-state index >= 15 is 0 Å². The van der Waals surface area contributed by atoms with Gasteiger partial charge in [-0.2, -0.15) is 0 Å². The molecule has 1 rings (SSSR count). The van der Waals surface area contributed by atoms with Crippen LogP contribution in [0.25, 0.3) is 0 Å². The summed E-state index contributed by atoms with van der Waals surface area (Å²) in [5.41, 5.74) is 5.08. The van der Waals surface area contributed by atoms with Gasteiger partial charge in [-0.15, -0.1) is 0 Å². The van der Waals surface area contributed by atoms with Crippen LogP contribution in [0.1, 0.15) is 0 Å². The molecular formula is C8H15N3O3. The number of carbonyl (C=O) groups excluding carboxylic acids is 2. The van der Waals surface area contributed by atoms with Crippen LogP contribution in [-0.2, 0) is 14.3 Å². The molecule has 0 aliphatic carbocycles. The van der Waals surface area contributed by atoms with Gasteiger partial charge in [0.1, 0.15) is 0 Å². The lowest BCUT2D eigenvalue weighted by Crippen LogP contribution is -2.46. The van der Waals surface area contributed by atoms with E-state index in [0.29, 0.717) is 26.3 Å². The van der Waals surface area contributed by atoms with E-state index < -0.39 is 0 Å². The number of nitrogens with one attached hydrogen (secondary N) is 1. The fourth-order valence-corrected chi connectivity index (χ4v) is 1.17. The summed E-state index contributed by atoms with van der Waals surface area (Å²) < 4.78 is 5.10. The van der Waals surface area contributed by atoms with Crippen LogP contribution < -0.4 is 11.1 Å². The molecule has 0 spiro atoms. The number of carbonyl (C=O) groups is 2. The number of nitrogens with zero attached hydrogens (tertiary/aromatic N) is 1. The minimum Gasteiger partial charge on any atom is -0.378 e. The second kappa shape index (κ2) is 5.56. The molecule has 0 unspecified atom stereocenters. The van der Waals surface area contributed by atoms with E-state index in [2.05, 4.69) is 5.32 Å². The summed E-state index contributed by atoms with van der Waals surface area (Å²) in [7, 11) is 0. The molecule has 3 N–H and O–H groups in total. The molecule has 80 valence electrons. The van der Waals surface area contributed by atoms with Crippen molar-refractivity contribution in [3.8, 4) is 0 Å².